The molecule has 0 spiro atoms. The molecular formula is C22H33N3O2. The molecule has 3 atom stereocenters. The Morgan fingerprint density at radius 2 is 1.93 bits per heavy atom. The fraction of sp³-hybridized carbons (Fsp3) is 0.636. The molecule has 1 aliphatic carbocycles. The van der Waals surface area contributed by atoms with E-state index in [2.05, 4.69) is 12.2 Å². The first kappa shape index (κ1) is 19.9. The van der Waals surface area contributed by atoms with Crippen LogP contribution in [0.2, 0.25) is 0 Å². The van der Waals surface area contributed by atoms with Crippen molar-refractivity contribution in [3.05, 3.63) is 29.3 Å². The molecule has 5 heteroatoms. The van der Waals surface area contributed by atoms with E-state index < -0.39 is 5.54 Å². The first-order valence-electron chi connectivity index (χ1n) is 10.3. The number of hydrogen-bond acceptors (Lipinski definition) is 3. The molecule has 0 bridgehead atoms. The molecular weight excluding hydrogens is 338 g/mol. The smallest absolute Gasteiger partial charge is 0.254 e. The number of piperidine rings is 1. The van der Waals surface area contributed by atoms with Crippen molar-refractivity contribution in [1.82, 2.24) is 4.90 Å². The molecule has 3 rings (SSSR count). The average Bonchev–Trinajstić information content (AvgIpc) is 2.62. The van der Waals surface area contributed by atoms with Crippen molar-refractivity contribution in [3.63, 3.8) is 0 Å². The third kappa shape index (κ3) is 4.34. The molecule has 1 aromatic rings. The summed E-state index contributed by atoms with van der Waals surface area (Å²) in [5.41, 5.74) is 8.29. The summed E-state index contributed by atoms with van der Waals surface area (Å²) in [6.07, 6.45) is 7.18. The Kier molecular flexibility index (Phi) is 5.89. The van der Waals surface area contributed by atoms with Crippen LogP contribution in [0.3, 0.4) is 0 Å². The first-order valence-corrected chi connectivity index (χ1v) is 10.3. The van der Waals surface area contributed by atoms with Crippen LogP contribution in [0.4, 0.5) is 5.69 Å². The standard InChI is InChI=1S/C22H33N3O2/c1-15-14-17(21(27)25-13-7-5-8-16(25)2)10-11-19(15)24-20(26)18-9-4-6-12-22(18,3)23/h10-11,14,16,18H,4-9,12-13,23H2,1-3H3,(H,24,26). The monoisotopic (exact) mass is 371 g/mol. The molecule has 2 amide bonds. The van der Waals surface area contributed by atoms with E-state index in [1.54, 1.807) is 0 Å². The van der Waals surface area contributed by atoms with Gasteiger partial charge in [0, 0.05) is 29.4 Å². The molecule has 1 saturated carbocycles. The van der Waals surface area contributed by atoms with Crippen LogP contribution < -0.4 is 11.1 Å². The summed E-state index contributed by atoms with van der Waals surface area (Å²) in [5, 5.41) is 3.05. The van der Waals surface area contributed by atoms with Gasteiger partial charge in [0.2, 0.25) is 5.91 Å². The van der Waals surface area contributed by atoms with Gasteiger partial charge in [0.25, 0.3) is 5.91 Å². The summed E-state index contributed by atoms with van der Waals surface area (Å²) < 4.78 is 0. The Balaban J connectivity index is 1.71. The second kappa shape index (κ2) is 8.01. The third-order valence-electron chi connectivity index (χ3n) is 6.37. The number of amides is 2. The Morgan fingerprint density at radius 1 is 1.19 bits per heavy atom. The van der Waals surface area contributed by atoms with E-state index in [1.165, 1.54) is 6.42 Å². The summed E-state index contributed by atoms with van der Waals surface area (Å²) in [7, 11) is 0. The summed E-state index contributed by atoms with van der Waals surface area (Å²) >= 11 is 0. The van der Waals surface area contributed by atoms with Gasteiger partial charge in [-0.25, -0.2) is 0 Å². The van der Waals surface area contributed by atoms with Crippen molar-refractivity contribution >= 4 is 17.5 Å². The van der Waals surface area contributed by atoms with Crippen molar-refractivity contribution in [1.29, 1.82) is 0 Å². The van der Waals surface area contributed by atoms with Gasteiger partial charge in [0.1, 0.15) is 0 Å². The predicted molar refractivity (Wildman–Crippen MR) is 109 cm³/mol. The van der Waals surface area contributed by atoms with E-state index in [4.69, 9.17) is 5.73 Å². The largest absolute Gasteiger partial charge is 0.336 e. The highest BCUT2D eigenvalue weighted by Crippen LogP contribution is 2.33. The number of aryl methyl sites for hydroxylation is 1. The van der Waals surface area contributed by atoms with Crippen LogP contribution in [0, 0.1) is 12.8 Å². The number of rotatable bonds is 3. The molecule has 27 heavy (non-hydrogen) atoms. The van der Waals surface area contributed by atoms with Gasteiger partial charge < -0.3 is 16.0 Å². The summed E-state index contributed by atoms with van der Waals surface area (Å²) in [6.45, 7) is 6.86. The molecule has 1 aliphatic heterocycles. The highest BCUT2D eigenvalue weighted by atomic mass is 16.2. The maximum Gasteiger partial charge on any atom is 0.254 e. The number of benzene rings is 1. The van der Waals surface area contributed by atoms with Crippen LogP contribution in [0.5, 0.6) is 0 Å². The normalized spacial score (nSPS) is 28.7. The van der Waals surface area contributed by atoms with Gasteiger partial charge in [-0.3, -0.25) is 9.59 Å². The van der Waals surface area contributed by atoms with Crippen LogP contribution >= 0.6 is 0 Å². The summed E-state index contributed by atoms with van der Waals surface area (Å²) in [6, 6.07) is 5.86. The minimum absolute atomic E-state index is 0.00784. The third-order valence-corrected chi connectivity index (χ3v) is 6.37. The molecule has 3 N–H and O–H groups in total. The van der Waals surface area contributed by atoms with Gasteiger partial charge in [-0.2, -0.15) is 0 Å². The zero-order valence-electron chi connectivity index (χ0n) is 16.9. The second-order valence-electron chi connectivity index (χ2n) is 8.67. The summed E-state index contributed by atoms with van der Waals surface area (Å²) in [4.78, 5) is 27.6. The van der Waals surface area contributed by atoms with Gasteiger partial charge in [-0.15, -0.1) is 0 Å². The highest BCUT2D eigenvalue weighted by molar-refractivity contribution is 5.97. The molecule has 1 saturated heterocycles. The predicted octanol–water partition coefficient (Wildman–Crippen LogP) is 3.86. The molecule has 0 radical (unpaired) electrons. The van der Waals surface area contributed by atoms with E-state index >= 15 is 0 Å². The quantitative estimate of drug-likeness (QED) is 0.847. The molecule has 2 aliphatic rings. The Morgan fingerprint density at radius 3 is 2.59 bits per heavy atom. The van der Waals surface area contributed by atoms with Crippen molar-refractivity contribution < 1.29 is 9.59 Å². The fourth-order valence-electron chi connectivity index (χ4n) is 4.51. The fourth-order valence-corrected chi connectivity index (χ4v) is 4.51. The lowest BCUT2D eigenvalue weighted by atomic mass is 9.74. The molecule has 0 aromatic heterocycles. The molecule has 5 nitrogen and oxygen atoms in total. The minimum atomic E-state index is -0.448. The molecule has 148 valence electrons. The molecule has 2 fully saturated rings. The van der Waals surface area contributed by atoms with Gasteiger partial charge in [-0.05, 0) is 76.6 Å². The average molecular weight is 372 g/mol. The molecule has 1 heterocycles. The molecule has 3 unspecified atom stereocenters. The number of nitrogens with zero attached hydrogens (tertiary/aromatic N) is 1. The van der Waals surface area contributed by atoms with Crippen molar-refractivity contribution in [2.45, 2.75) is 77.3 Å². The number of likely N-dealkylation sites (tertiary alicyclic amines) is 1. The van der Waals surface area contributed by atoms with Crippen LogP contribution in [0.25, 0.3) is 0 Å². The van der Waals surface area contributed by atoms with Gasteiger partial charge in [0.05, 0.1) is 5.92 Å². The first-order chi connectivity index (χ1) is 12.8. The zero-order valence-corrected chi connectivity index (χ0v) is 16.9. The number of hydrogen-bond donors (Lipinski definition) is 2. The zero-order chi connectivity index (χ0) is 19.6. The maximum atomic E-state index is 12.9. The number of anilines is 1. The van der Waals surface area contributed by atoms with E-state index in [-0.39, 0.29) is 17.7 Å². The van der Waals surface area contributed by atoms with E-state index in [0.29, 0.717) is 11.6 Å². The van der Waals surface area contributed by atoms with Gasteiger partial charge in [0.15, 0.2) is 0 Å². The van der Waals surface area contributed by atoms with Crippen molar-refractivity contribution in [2.24, 2.45) is 11.7 Å². The lowest BCUT2D eigenvalue weighted by Gasteiger charge is -2.37. The van der Waals surface area contributed by atoms with Crippen LogP contribution in [0.1, 0.15) is 74.7 Å². The number of carbonyl (C=O) groups is 2. The van der Waals surface area contributed by atoms with Gasteiger partial charge >= 0.3 is 0 Å². The highest BCUT2D eigenvalue weighted by Gasteiger charge is 2.37. The Hall–Kier alpha value is -1.88. The van der Waals surface area contributed by atoms with Crippen LogP contribution in [-0.4, -0.2) is 34.8 Å². The lowest BCUT2D eigenvalue weighted by Crippen LogP contribution is -2.51. The van der Waals surface area contributed by atoms with Crippen LogP contribution in [0.15, 0.2) is 18.2 Å². The Labute approximate surface area is 162 Å². The SMILES string of the molecule is Cc1cc(C(=O)N2CCCCC2C)ccc1NC(=O)C1CCCCC1(C)N. The molecule has 1 aromatic carbocycles. The number of nitrogens with two attached hydrogens (primary N) is 1. The summed E-state index contributed by atoms with van der Waals surface area (Å²) in [5.74, 6) is -0.0855. The van der Waals surface area contributed by atoms with Crippen molar-refractivity contribution in [3.8, 4) is 0 Å². The minimum Gasteiger partial charge on any atom is -0.336 e. The number of carbonyl (C=O) groups excluding carboxylic acids is 2. The second-order valence-corrected chi connectivity index (χ2v) is 8.67. The lowest BCUT2D eigenvalue weighted by molar-refractivity contribution is -0.122. The topological polar surface area (TPSA) is 75.4 Å². The maximum absolute atomic E-state index is 12.9. The van der Waals surface area contributed by atoms with E-state index in [0.717, 1.165) is 56.3 Å². The van der Waals surface area contributed by atoms with E-state index in [1.807, 2.05) is 36.9 Å². The van der Waals surface area contributed by atoms with Crippen molar-refractivity contribution in [2.75, 3.05) is 11.9 Å². The Bertz CT molecular complexity index is 714. The van der Waals surface area contributed by atoms with Gasteiger partial charge in [-0.1, -0.05) is 12.8 Å². The van der Waals surface area contributed by atoms with Crippen LogP contribution in [-0.2, 0) is 4.79 Å². The number of nitrogens with one attached hydrogen (secondary N) is 1. The van der Waals surface area contributed by atoms with E-state index in [9.17, 15) is 9.59 Å².